The SMILES string of the molecule is Cc1cc(C=O)c(C)c(CN2CCN(C)CC2)c1.Cl.Cl. The average molecular weight is 319 g/mol. The summed E-state index contributed by atoms with van der Waals surface area (Å²) in [7, 11) is 2.17. The number of likely N-dealkylation sites (N-methyl/N-ethyl adjacent to an activating group) is 1. The van der Waals surface area contributed by atoms with Crippen molar-refractivity contribution >= 4 is 31.1 Å². The molecule has 0 bridgehead atoms. The normalized spacial score (nSPS) is 16.1. The highest BCUT2D eigenvalue weighted by molar-refractivity contribution is 5.85. The lowest BCUT2D eigenvalue weighted by molar-refractivity contribution is 0.112. The van der Waals surface area contributed by atoms with E-state index in [0.717, 1.165) is 50.1 Å². The fraction of sp³-hybridized carbons (Fsp3) is 0.533. The van der Waals surface area contributed by atoms with Crippen LogP contribution in [-0.4, -0.2) is 49.3 Å². The van der Waals surface area contributed by atoms with Crippen molar-refractivity contribution in [1.82, 2.24) is 9.80 Å². The second kappa shape index (κ2) is 8.63. The minimum Gasteiger partial charge on any atom is -0.304 e. The third-order valence-corrected chi connectivity index (χ3v) is 3.82. The minimum absolute atomic E-state index is 0. The molecule has 0 unspecified atom stereocenters. The number of piperazine rings is 1. The molecule has 1 aromatic carbocycles. The molecule has 0 aromatic heterocycles. The molecule has 1 aliphatic heterocycles. The lowest BCUT2D eigenvalue weighted by Gasteiger charge is -2.32. The second-order valence-corrected chi connectivity index (χ2v) is 5.34. The van der Waals surface area contributed by atoms with Gasteiger partial charge < -0.3 is 4.90 Å². The number of rotatable bonds is 3. The van der Waals surface area contributed by atoms with Gasteiger partial charge in [-0.3, -0.25) is 9.69 Å². The Kier molecular flexibility index (Phi) is 8.36. The maximum atomic E-state index is 11.0. The summed E-state index contributed by atoms with van der Waals surface area (Å²) >= 11 is 0. The fourth-order valence-electron chi connectivity index (χ4n) is 2.50. The number of nitrogens with zero attached hydrogens (tertiary/aromatic N) is 2. The van der Waals surface area contributed by atoms with Gasteiger partial charge in [-0.1, -0.05) is 11.6 Å². The van der Waals surface area contributed by atoms with E-state index in [4.69, 9.17) is 0 Å². The number of hydrogen-bond acceptors (Lipinski definition) is 3. The molecule has 0 radical (unpaired) electrons. The molecular formula is C15H24Cl2N2O. The predicted octanol–water partition coefficient (Wildman–Crippen LogP) is 2.71. The van der Waals surface area contributed by atoms with Gasteiger partial charge in [-0.15, -0.1) is 24.8 Å². The monoisotopic (exact) mass is 318 g/mol. The number of benzene rings is 1. The molecule has 0 amide bonds. The van der Waals surface area contributed by atoms with Gasteiger partial charge in [-0.2, -0.15) is 0 Å². The van der Waals surface area contributed by atoms with Crippen LogP contribution in [-0.2, 0) is 6.54 Å². The van der Waals surface area contributed by atoms with Crippen molar-refractivity contribution in [3.63, 3.8) is 0 Å². The molecule has 0 N–H and O–H groups in total. The Labute approximate surface area is 134 Å². The summed E-state index contributed by atoms with van der Waals surface area (Å²) < 4.78 is 0. The van der Waals surface area contributed by atoms with E-state index in [2.05, 4.69) is 36.8 Å². The number of aldehydes is 1. The maximum absolute atomic E-state index is 11.0. The van der Waals surface area contributed by atoms with Crippen LogP contribution in [0.25, 0.3) is 0 Å². The van der Waals surface area contributed by atoms with Crippen LogP contribution >= 0.6 is 24.8 Å². The van der Waals surface area contributed by atoms with Crippen LogP contribution in [0.4, 0.5) is 0 Å². The van der Waals surface area contributed by atoms with E-state index in [1.165, 1.54) is 11.1 Å². The number of aryl methyl sites for hydroxylation is 1. The van der Waals surface area contributed by atoms with Gasteiger partial charge in [0, 0.05) is 38.3 Å². The number of carbonyl (C=O) groups is 1. The lowest BCUT2D eigenvalue weighted by Crippen LogP contribution is -2.44. The standard InChI is InChI=1S/C15H22N2O.2ClH/c1-12-8-14(13(2)15(9-12)11-18)10-17-6-4-16(3)5-7-17;;/h8-9,11H,4-7,10H2,1-3H3;2*1H. The summed E-state index contributed by atoms with van der Waals surface area (Å²) in [6.07, 6.45) is 0.968. The van der Waals surface area contributed by atoms with E-state index >= 15 is 0 Å². The van der Waals surface area contributed by atoms with Gasteiger partial charge in [-0.05, 0) is 38.1 Å². The van der Waals surface area contributed by atoms with Crippen LogP contribution in [0, 0.1) is 13.8 Å². The zero-order chi connectivity index (χ0) is 13.1. The molecule has 0 saturated carbocycles. The van der Waals surface area contributed by atoms with Crippen molar-refractivity contribution in [2.24, 2.45) is 0 Å². The Morgan fingerprint density at radius 2 is 1.70 bits per heavy atom. The predicted molar refractivity (Wildman–Crippen MR) is 88.6 cm³/mol. The van der Waals surface area contributed by atoms with Gasteiger partial charge in [0.25, 0.3) is 0 Å². The zero-order valence-corrected chi connectivity index (χ0v) is 14.0. The first kappa shape index (κ1) is 19.4. The van der Waals surface area contributed by atoms with Crippen molar-refractivity contribution < 1.29 is 4.79 Å². The van der Waals surface area contributed by atoms with Gasteiger partial charge in [0.05, 0.1) is 0 Å². The van der Waals surface area contributed by atoms with E-state index in [0.29, 0.717) is 0 Å². The Balaban J connectivity index is 0.00000180. The molecule has 2 rings (SSSR count). The van der Waals surface area contributed by atoms with Crippen molar-refractivity contribution in [3.8, 4) is 0 Å². The first-order valence-electron chi connectivity index (χ1n) is 6.56. The molecule has 1 aromatic rings. The van der Waals surface area contributed by atoms with Crippen LogP contribution in [0.5, 0.6) is 0 Å². The Hall–Kier alpha value is -0.610. The summed E-state index contributed by atoms with van der Waals surface area (Å²) in [6.45, 7) is 9.55. The molecule has 1 heterocycles. The van der Waals surface area contributed by atoms with Gasteiger partial charge in [-0.25, -0.2) is 0 Å². The van der Waals surface area contributed by atoms with Gasteiger partial charge in [0.2, 0.25) is 0 Å². The smallest absolute Gasteiger partial charge is 0.150 e. The Morgan fingerprint density at radius 3 is 2.25 bits per heavy atom. The van der Waals surface area contributed by atoms with Crippen LogP contribution in [0.1, 0.15) is 27.0 Å². The highest BCUT2D eigenvalue weighted by Crippen LogP contribution is 2.18. The van der Waals surface area contributed by atoms with Crippen LogP contribution in [0.15, 0.2) is 12.1 Å². The molecular weight excluding hydrogens is 295 g/mol. The minimum atomic E-state index is 0. The highest BCUT2D eigenvalue weighted by atomic mass is 35.5. The van der Waals surface area contributed by atoms with Crippen molar-refractivity contribution in [2.45, 2.75) is 20.4 Å². The molecule has 20 heavy (non-hydrogen) atoms. The van der Waals surface area contributed by atoms with E-state index < -0.39 is 0 Å². The third-order valence-electron chi connectivity index (χ3n) is 3.82. The first-order valence-corrected chi connectivity index (χ1v) is 6.56. The summed E-state index contributed by atoms with van der Waals surface area (Å²) in [4.78, 5) is 15.9. The van der Waals surface area contributed by atoms with Crippen molar-refractivity contribution in [1.29, 1.82) is 0 Å². The highest BCUT2D eigenvalue weighted by Gasteiger charge is 2.15. The fourth-order valence-corrected chi connectivity index (χ4v) is 2.50. The third kappa shape index (κ3) is 4.74. The van der Waals surface area contributed by atoms with Crippen LogP contribution in [0.3, 0.4) is 0 Å². The number of halogens is 2. The van der Waals surface area contributed by atoms with E-state index in [9.17, 15) is 4.79 Å². The number of carbonyl (C=O) groups excluding carboxylic acids is 1. The second-order valence-electron chi connectivity index (χ2n) is 5.34. The van der Waals surface area contributed by atoms with Crippen LogP contribution in [0.2, 0.25) is 0 Å². The largest absolute Gasteiger partial charge is 0.304 e. The first-order chi connectivity index (χ1) is 8.60. The zero-order valence-electron chi connectivity index (χ0n) is 12.4. The molecule has 0 aliphatic carbocycles. The van der Waals surface area contributed by atoms with E-state index in [-0.39, 0.29) is 24.8 Å². The molecule has 5 heteroatoms. The lowest BCUT2D eigenvalue weighted by atomic mass is 9.99. The van der Waals surface area contributed by atoms with Gasteiger partial charge in [0.1, 0.15) is 6.29 Å². The van der Waals surface area contributed by atoms with Crippen molar-refractivity contribution in [2.75, 3.05) is 33.2 Å². The average Bonchev–Trinajstić information content (AvgIpc) is 2.36. The topological polar surface area (TPSA) is 23.6 Å². The Bertz CT molecular complexity index is 444. The maximum Gasteiger partial charge on any atom is 0.150 e. The summed E-state index contributed by atoms with van der Waals surface area (Å²) in [5.74, 6) is 0. The molecule has 114 valence electrons. The quantitative estimate of drug-likeness (QED) is 0.801. The molecule has 0 atom stereocenters. The molecule has 1 aliphatic rings. The summed E-state index contributed by atoms with van der Waals surface area (Å²) in [6, 6.07) is 4.18. The van der Waals surface area contributed by atoms with Gasteiger partial charge >= 0.3 is 0 Å². The van der Waals surface area contributed by atoms with Gasteiger partial charge in [0.15, 0.2) is 0 Å². The Morgan fingerprint density at radius 1 is 1.10 bits per heavy atom. The summed E-state index contributed by atoms with van der Waals surface area (Å²) in [5.41, 5.74) is 4.43. The van der Waals surface area contributed by atoms with E-state index in [1.807, 2.05) is 6.07 Å². The number of hydrogen-bond donors (Lipinski definition) is 0. The van der Waals surface area contributed by atoms with Crippen LogP contribution < -0.4 is 0 Å². The molecule has 3 nitrogen and oxygen atoms in total. The van der Waals surface area contributed by atoms with Crippen molar-refractivity contribution in [3.05, 3.63) is 34.4 Å². The molecule has 0 spiro atoms. The molecule has 1 fully saturated rings. The van der Waals surface area contributed by atoms with E-state index in [1.54, 1.807) is 0 Å². The molecule has 1 saturated heterocycles. The summed E-state index contributed by atoms with van der Waals surface area (Å²) in [5, 5.41) is 0.